The van der Waals surface area contributed by atoms with Gasteiger partial charge in [0, 0.05) is 0 Å². The zero-order valence-electron chi connectivity index (χ0n) is 16.0. The summed E-state index contributed by atoms with van der Waals surface area (Å²) < 4.78 is 94.9. The van der Waals surface area contributed by atoms with Crippen LogP contribution in [0.15, 0.2) is 48.5 Å². The summed E-state index contributed by atoms with van der Waals surface area (Å²) in [6.07, 6.45) is -9.93. The average molecular weight is 420 g/mol. The van der Waals surface area contributed by atoms with Crippen molar-refractivity contribution in [1.29, 1.82) is 0 Å². The predicted octanol–water partition coefficient (Wildman–Crippen LogP) is 6.67. The Morgan fingerprint density at radius 1 is 0.586 bits per heavy atom. The number of halogens is 6. The summed E-state index contributed by atoms with van der Waals surface area (Å²) in [7, 11) is 0. The summed E-state index contributed by atoms with van der Waals surface area (Å²) in [6, 6.07) is 7.74. The largest absolute Gasteiger partial charge is 0.494 e. The second-order valence-corrected chi connectivity index (χ2v) is 6.49. The maximum Gasteiger partial charge on any atom is 0.411 e. The molecule has 0 N–H and O–H groups in total. The van der Waals surface area contributed by atoms with E-state index in [-0.39, 0.29) is 11.5 Å². The van der Waals surface area contributed by atoms with Crippen molar-refractivity contribution in [1.82, 2.24) is 0 Å². The number of hydrogen-bond acceptors (Lipinski definition) is 2. The standard InChI is InChI=1S/C21H22F6O2/c1-3-13-28-17-9-5-15(6-10-17)19(20(22,23)24,21(25,26)27)16-7-11-18(12-8-16)29-14-4-2/h5-12H,3-4,13-14H2,1-2H3. The van der Waals surface area contributed by atoms with Crippen LogP contribution in [0.2, 0.25) is 0 Å². The lowest BCUT2D eigenvalue weighted by atomic mass is 9.73. The van der Waals surface area contributed by atoms with Gasteiger partial charge in [-0.2, -0.15) is 26.3 Å². The van der Waals surface area contributed by atoms with E-state index in [1.807, 2.05) is 13.8 Å². The molecule has 0 spiro atoms. The van der Waals surface area contributed by atoms with E-state index in [4.69, 9.17) is 9.47 Å². The van der Waals surface area contributed by atoms with E-state index in [9.17, 15) is 26.3 Å². The molecule has 160 valence electrons. The monoisotopic (exact) mass is 420 g/mol. The van der Waals surface area contributed by atoms with Crippen molar-refractivity contribution >= 4 is 0 Å². The third-order valence-corrected chi connectivity index (χ3v) is 4.37. The summed E-state index contributed by atoms with van der Waals surface area (Å²) in [5, 5.41) is 0. The molecule has 0 aromatic heterocycles. The van der Waals surface area contributed by atoms with Gasteiger partial charge in [0.05, 0.1) is 13.2 Å². The minimum atomic E-state index is -5.62. The topological polar surface area (TPSA) is 18.5 Å². The molecule has 0 amide bonds. The van der Waals surface area contributed by atoms with Gasteiger partial charge in [0.15, 0.2) is 0 Å². The SMILES string of the molecule is CCCOc1ccc(C(c2ccc(OCCC)cc2)(C(F)(F)F)C(F)(F)F)cc1. The second-order valence-electron chi connectivity index (χ2n) is 6.49. The molecule has 8 heteroatoms. The Hall–Kier alpha value is -2.38. The summed E-state index contributed by atoms with van der Waals surface area (Å²) in [5.74, 6) is 0.411. The first-order chi connectivity index (χ1) is 13.6. The summed E-state index contributed by atoms with van der Waals surface area (Å²) in [6.45, 7) is 4.28. The number of hydrogen-bond donors (Lipinski definition) is 0. The highest BCUT2D eigenvalue weighted by atomic mass is 19.4. The molecule has 29 heavy (non-hydrogen) atoms. The molecule has 0 saturated carbocycles. The van der Waals surface area contributed by atoms with Crippen LogP contribution in [-0.4, -0.2) is 25.6 Å². The van der Waals surface area contributed by atoms with Crippen molar-refractivity contribution in [2.75, 3.05) is 13.2 Å². The Balaban J connectivity index is 2.60. The molecule has 0 atom stereocenters. The third kappa shape index (κ3) is 4.62. The molecular formula is C21H22F6O2. The molecule has 0 bridgehead atoms. The molecule has 0 aliphatic carbocycles. The van der Waals surface area contributed by atoms with Crippen LogP contribution in [0, 0.1) is 0 Å². The van der Waals surface area contributed by atoms with Crippen LogP contribution in [-0.2, 0) is 5.41 Å². The molecule has 0 heterocycles. The van der Waals surface area contributed by atoms with Gasteiger partial charge in [0.25, 0.3) is 0 Å². The minimum Gasteiger partial charge on any atom is -0.494 e. The lowest BCUT2D eigenvalue weighted by Gasteiger charge is -2.38. The van der Waals surface area contributed by atoms with Gasteiger partial charge in [-0.25, -0.2) is 0 Å². The molecule has 0 saturated heterocycles. The van der Waals surface area contributed by atoms with Crippen molar-refractivity contribution in [3.63, 3.8) is 0 Å². The average Bonchev–Trinajstić information content (AvgIpc) is 2.65. The van der Waals surface area contributed by atoms with Crippen LogP contribution in [0.5, 0.6) is 11.5 Å². The van der Waals surface area contributed by atoms with Crippen molar-refractivity contribution < 1.29 is 35.8 Å². The quantitative estimate of drug-likeness (QED) is 0.444. The Morgan fingerprint density at radius 2 is 0.897 bits per heavy atom. The third-order valence-electron chi connectivity index (χ3n) is 4.37. The molecule has 2 aromatic carbocycles. The highest BCUT2D eigenvalue weighted by molar-refractivity contribution is 5.47. The predicted molar refractivity (Wildman–Crippen MR) is 97.3 cm³/mol. The molecule has 0 radical (unpaired) electrons. The fourth-order valence-electron chi connectivity index (χ4n) is 3.02. The summed E-state index contributed by atoms with van der Waals surface area (Å²) >= 11 is 0. The summed E-state index contributed by atoms with van der Waals surface area (Å²) in [5.41, 5.74) is -6.03. The minimum absolute atomic E-state index is 0.206. The smallest absolute Gasteiger partial charge is 0.411 e. The molecular weight excluding hydrogens is 398 g/mol. The zero-order chi connectivity index (χ0) is 21.7. The van der Waals surface area contributed by atoms with Crippen molar-refractivity contribution in [3.05, 3.63) is 59.7 Å². The molecule has 0 fully saturated rings. The van der Waals surface area contributed by atoms with Crippen LogP contribution < -0.4 is 9.47 Å². The molecule has 2 aromatic rings. The van der Waals surface area contributed by atoms with Gasteiger partial charge in [0.1, 0.15) is 11.5 Å². The van der Waals surface area contributed by atoms with Crippen LogP contribution >= 0.6 is 0 Å². The number of alkyl halides is 6. The van der Waals surface area contributed by atoms with E-state index in [1.165, 1.54) is 0 Å². The molecule has 0 aliphatic heterocycles. The Morgan fingerprint density at radius 3 is 1.14 bits per heavy atom. The van der Waals surface area contributed by atoms with E-state index in [1.54, 1.807) is 0 Å². The highest BCUT2D eigenvalue weighted by Gasteiger charge is 2.72. The van der Waals surface area contributed by atoms with Crippen molar-refractivity contribution in [3.8, 4) is 11.5 Å². The van der Waals surface area contributed by atoms with Gasteiger partial charge < -0.3 is 9.47 Å². The fourth-order valence-corrected chi connectivity index (χ4v) is 3.02. The zero-order valence-corrected chi connectivity index (χ0v) is 16.0. The van der Waals surface area contributed by atoms with Crippen LogP contribution in [0.25, 0.3) is 0 Å². The van der Waals surface area contributed by atoms with E-state index < -0.39 is 28.9 Å². The van der Waals surface area contributed by atoms with Crippen LogP contribution in [0.1, 0.15) is 37.8 Å². The molecule has 0 unspecified atom stereocenters. The van der Waals surface area contributed by atoms with Crippen LogP contribution in [0.4, 0.5) is 26.3 Å². The van der Waals surface area contributed by atoms with Crippen molar-refractivity contribution in [2.24, 2.45) is 0 Å². The molecule has 2 nitrogen and oxygen atoms in total. The highest BCUT2D eigenvalue weighted by Crippen LogP contribution is 2.56. The van der Waals surface area contributed by atoms with Gasteiger partial charge in [0.2, 0.25) is 5.41 Å². The maximum absolute atomic E-state index is 14.1. The molecule has 0 aliphatic rings. The van der Waals surface area contributed by atoms with E-state index in [0.717, 1.165) is 48.5 Å². The number of rotatable bonds is 8. The number of benzene rings is 2. The first kappa shape index (κ1) is 22.9. The lowest BCUT2D eigenvalue weighted by molar-refractivity contribution is -0.288. The first-order valence-electron chi connectivity index (χ1n) is 9.18. The van der Waals surface area contributed by atoms with Gasteiger partial charge >= 0.3 is 12.4 Å². The molecule has 2 rings (SSSR count). The Bertz CT molecular complexity index is 696. The Kier molecular flexibility index (Phi) is 7.08. The van der Waals surface area contributed by atoms with Gasteiger partial charge in [-0.1, -0.05) is 38.1 Å². The normalized spacial score (nSPS) is 12.7. The van der Waals surface area contributed by atoms with E-state index >= 15 is 0 Å². The van der Waals surface area contributed by atoms with Crippen molar-refractivity contribution in [2.45, 2.75) is 44.5 Å². The second kappa shape index (κ2) is 8.97. The fraction of sp³-hybridized carbons (Fsp3) is 0.429. The Labute approximate surface area is 165 Å². The first-order valence-corrected chi connectivity index (χ1v) is 9.18. The summed E-state index contributed by atoms with van der Waals surface area (Å²) in [4.78, 5) is 0. The van der Waals surface area contributed by atoms with E-state index in [2.05, 4.69) is 0 Å². The maximum atomic E-state index is 14.1. The van der Waals surface area contributed by atoms with Gasteiger partial charge in [-0.3, -0.25) is 0 Å². The van der Waals surface area contributed by atoms with Gasteiger partial charge in [-0.15, -0.1) is 0 Å². The van der Waals surface area contributed by atoms with Gasteiger partial charge in [-0.05, 0) is 48.2 Å². The van der Waals surface area contributed by atoms with Crippen LogP contribution in [0.3, 0.4) is 0 Å². The lowest BCUT2D eigenvalue weighted by Crippen LogP contribution is -2.54. The van der Waals surface area contributed by atoms with E-state index in [0.29, 0.717) is 26.1 Å². The number of ether oxygens (including phenoxy) is 2.